The summed E-state index contributed by atoms with van der Waals surface area (Å²) >= 11 is 0. The van der Waals surface area contributed by atoms with Gasteiger partial charge in [-0.25, -0.2) is 0 Å². The molecule has 2 amide bonds. The predicted molar refractivity (Wildman–Crippen MR) is 149 cm³/mol. The summed E-state index contributed by atoms with van der Waals surface area (Å²) in [6.07, 6.45) is 1.59. The van der Waals surface area contributed by atoms with Crippen LogP contribution in [0.4, 0.5) is 5.69 Å². The van der Waals surface area contributed by atoms with Crippen LogP contribution >= 0.6 is 0 Å². The first-order valence-corrected chi connectivity index (χ1v) is 12.2. The van der Waals surface area contributed by atoms with E-state index in [1.54, 1.807) is 37.5 Å². The highest BCUT2D eigenvalue weighted by Gasteiger charge is 2.21. The van der Waals surface area contributed by atoms with Crippen molar-refractivity contribution in [3.05, 3.63) is 101 Å². The molecular formula is C31H29N5O2. The average Bonchev–Trinajstić information content (AvgIpc) is 2.93. The van der Waals surface area contributed by atoms with Crippen LogP contribution in [0.25, 0.3) is 22.4 Å². The molecule has 0 aliphatic heterocycles. The van der Waals surface area contributed by atoms with Gasteiger partial charge in [-0.2, -0.15) is 5.26 Å². The molecule has 0 fully saturated rings. The summed E-state index contributed by atoms with van der Waals surface area (Å²) in [5.74, 6) is -0.513. The third kappa shape index (κ3) is 5.60. The van der Waals surface area contributed by atoms with Gasteiger partial charge in [0, 0.05) is 35.8 Å². The molecule has 2 aromatic carbocycles. The summed E-state index contributed by atoms with van der Waals surface area (Å²) in [6, 6.07) is 22.7. The van der Waals surface area contributed by atoms with Gasteiger partial charge in [-0.05, 0) is 98.5 Å². The number of aromatic nitrogens is 2. The van der Waals surface area contributed by atoms with Crippen LogP contribution in [0.3, 0.4) is 0 Å². The summed E-state index contributed by atoms with van der Waals surface area (Å²) in [5.41, 5.74) is 6.81. The van der Waals surface area contributed by atoms with Gasteiger partial charge in [0.05, 0.1) is 17.2 Å². The molecule has 0 spiro atoms. The highest BCUT2D eigenvalue weighted by Crippen LogP contribution is 2.31. The van der Waals surface area contributed by atoms with Gasteiger partial charge in [-0.3, -0.25) is 19.6 Å². The summed E-state index contributed by atoms with van der Waals surface area (Å²) in [5, 5.41) is 15.0. The summed E-state index contributed by atoms with van der Waals surface area (Å²) in [4.78, 5) is 34.0. The van der Waals surface area contributed by atoms with Gasteiger partial charge in [-0.15, -0.1) is 0 Å². The molecule has 190 valence electrons. The van der Waals surface area contributed by atoms with Crippen molar-refractivity contribution in [3.63, 3.8) is 0 Å². The Bertz CT molecular complexity index is 1580. The molecule has 4 aromatic rings. The fraction of sp³-hybridized carbons (Fsp3) is 0.194. The molecule has 0 atom stereocenters. The molecule has 0 aliphatic carbocycles. The van der Waals surface area contributed by atoms with Crippen LogP contribution in [0.5, 0.6) is 0 Å². The lowest BCUT2D eigenvalue weighted by Gasteiger charge is -2.17. The van der Waals surface area contributed by atoms with Crippen molar-refractivity contribution in [2.45, 2.75) is 33.1 Å². The maximum absolute atomic E-state index is 13.1. The lowest BCUT2D eigenvalue weighted by Crippen LogP contribution is -2.19. The third-order valence-electron chi connectivity index (χ3n) is 6.40. The number of amides is 2. The van der Waals surface area contributed by atoms with Crippen LogP contribution in [0.2, 0.25) is 0 Å². The lowest BCUT2D eigenvalue weighted by molar-refractivity contribution is 0.0957. The quantitative estimate of drug-likeness (QED) is 0.344. The number of nitrogens with zero attached hydrogens (tertiary/aromatic N) is 3. The molecule has 4 rings (SSSR count). The van der Waals surface area contributed by atoms with E-state index in [1.165, 1.54) is 0 Å². The van der Waals surface area contributed by atoms with Crippen molar-refractivity contribution in [2.24, 2.45) is 0 Å². The van der Waals surface area contributed by atoms with Crippen LogP contribution in [0.15, 0.2) is 72.9 Å². The molecule has 0 unspecified atom stereocenters. The Labute approximate surface area is 222 Å². The standard InChI is InChI=1S/C31H29N5O2/c1-19-9-10-25(36-29(37)22-7-6-8-24(14-22)31(3,4)18-32)17-26(19)23-13-20(2)35-27(16-23)21-11-12-34-28(15-21)30(38)33-5/h6-17H,1-5H3,(H,33,38)(H,36,37). The smallest absolute Gasteiger partial charge is 0.269 e. The first-order valence-electron chi connectivity index (χ1n) is 12.2. The molecule has 0 bridgehead atoms. The molecule has 2 heterocycles. The minimum Gasteiger partial charge on any atom is -0.354 e. The molecule has 0 aliphatic rings. The molecular weight excluding hydrogens is 474 g/mol. The normalized spacial score (nSPS) is 10.9. The largest absolute Gasteiger partial charge is 0.354 e. The molecule has 0 radical (unpaired) electrons. The van der Waals surface area contributed by atoms with E-state index in [0.717, 1.165) is 39.2 Å². The summed E-state index contributed by atoms with van der Waals surface area (Å²) < 4.78 is 0. The van der Waals surface area contributed by atoms with Crippen molar-refractivity contribution in [1.29, 1.82) is 5.26 Å². The molecule has 38 heavy (non-hydrogen) atoms. The van der Waals surface area contributed by atoms with E-state index in [2.05, 4.69) is 26.7 Å². The van der Waals surface area contributed by atoms with Gasteiger partial charge in [0.15, 0.2) is 0 Å². The number of anilines is 1. The number of carbonyl (C=O) groups excluding carboxylic acids is 2. The predicted octanol–water partition coefficient (Wildman–Crippen LogP) is 5.84. The Morgan fingerprint density at radius 2 is 1.71 bits per heavy atom. The molecule has 0 saturated carbocycles. The van der Waals surface area contributed by atoms with Crippen molar-refractivity contribution in [1.82, 2.24) is 15.3 Å². The summed E-state index contributed by atoms with van der Waals surface area (Å²) in [7, 11) is 1.57. The highest BCUT2D eigenvalue weighted by molar-refractivity contribution is 6.04. The van der Waals surface area contributed by atoms with E-state index in [9.17, 15) is 14.9 Å². The van der Waals surface area contributed by atoms with Crippen LogP contribution in [0.1, 0.15) is 51.5 Å². The molecule has 0 saturated heterocycles. The number of carbonyl (C=O) groups is 2. The molecule has 7 nitrogen and oxygen atoms in total. The Hall–Kier alpha value is -4.83. The number of benzene rings is 2. The molecule has 2 aromatic heterocycles. The Balaban J connectivity index is 1.66. The van der Waals surface area contributed by atoms with Crippen molar-refractivity contribution < 1.29 is 9.59 Å². The topological polar surface area (TPSA) is 108 Å². The number of nitrogens with one attached hydrogen (secondary N) is 2. The highest BCUT2D eigenvalue weighted by atomic mass is 16.2. The lowest BCUT2D eigenvalue weighted by atomic mass is 9.85. The van der Waals surface area contributed by atoms with Gasteiger partial charge < -0.3 is 10.6 Å². The number of hydrogen-bond donors (Lipinski definition) is 2. The van der Waals surface area contributed by atoms with E-state index in [4.69, 9.17) is 0 Å². The molecule has 7 heteroatoms. The second-order valence-electron chi connectivity index (χ2n) is 9.69. The maximum Gasteiger partial charge on any atom is 0.269 e. The molecule has 2 N–H and O–H groups in total. The van der Waals surface area contributed by atoms with Gasteiger partial charge in [0.2, 0.25) is 0 Å². The summed E-state index contributed by atoms with van der Waals surface area (Å²) in [6.45, 7) is 7.59. The van der Waals surface area contributed by atoms with Crippen LogP contribution in [-0.2, 0) is 5.41 Å². The monoisotopic (exact) mass is 503 g/mol. The minimum absolute atomic E-state index is 0.250. The fourth-order valence-electron chi connectivity index (χ4n) is 4.14. The Morgan fingerprint density at radius 1 is 0.921 bits per heavy atom. The van der Waals surface area contributed by atoms with Crippen molar-refractivity contribution in [2.75, 3.05) is 12.4 Å². The first kappa shape index (κ1) is 26.2. The Kier molecular flexibility index (Phi) is 7.35. The van der Waals surface area contributed by atoms with Gasteiger partial charge >= 0.3 is 0 Å². The Morgan fingerprint density at radius 3 is 2.45 bits per heavy atom. The number of aryl methyl sites for hydroxylation is 2. The SMILES string of the molecule is CNC(=O)c1cc(-c2cc(-c3cc(NC(=O)c4cccc(C(C)(C)C#N)c4)ccc3C)cc(C)n2)ccn1. The number of rotatable bonds is 6. The second-order valence-corrected chi connectivity index (χ2v) is 9.69. The second kappa shape index (κ2) is 10.7. The fourth-order valence-corrected chi connectivity index (χ4v) is 4.14. The maximum atomic E-state index is 13.1. The average molecular weight is 504 g/mol. The number of nitriles is 1. The zero-order chi connectivity index (χ0) is 27.4. The number of pyridine rings is 2. The van der Waals surface area contributed by atoms with Crippen LogP contribution in [0, 0.1) is 25.2 Å². The number of hydrogen-bond acceptors (Lipinski definition) is 5. The minimum atomic E-state index is -0.694. The van der Waals surface area contributed by atoms with E-state index >= 15 is 0 Å². The van der Waals surface area contributed by atoms with Gasteiger partial charge in [0.1, 0.15) is 5.69 Å². The first-order chi connectivity index (χ1) is 18.1. The van der Waals surface area contributed by atoms with Crippen LogP contribution < -0.4 is 10.6 Å². The van der Waals surface area contributed by atoms with Crippen molar-refractivity contribution >= 4 is 17.5 Å². The zero-order valence-corrected chi connectivity index (χ0v) is 22.1. The zero-order valence-electron chi connectivity index (χ0n) is 22.1. The van der Waals surface area contributed by atoms with Crippen molar-refractivity contribution in [3.8, 4) is 28.5 Å². The van der Waals surface area contributed by atoms with Gasteiger partial charge in [0.25, 0.3) is 11.8 Å². The van der Waals surface area contributed by atoms with E-state index in [1.807, 2.05) is 70.2 Å². The van der Waals surface area contributed by atoms with E-state index < -0.39 is 5.41 Å². The van der Waals surface area contributed by atoms with Gasteiger partial charge in [-0.1, -0.05) is 18.2 Å². The van der Waals surface area contributed by atoms with Crippen LogP contribution in [-0.4, -0.2) is 28.8 Å². The third-order valence-corrected chi connectivity index (χ3v) is 6.40. The van der Waals surface area contributed by atoms with E-state index in [0.29, 0.717) is 16.9 Å². The van der Waals surface area contributed by atoms with E-state index in [-0.39, 0.29) is 11.8 Å².